The molecule has 12 heteroatoms. The number of Topliss-reactive ketones (excluding diaryl/α,β-unsaturated/α-hetero) is 2. The molecule has 10 rings (SSSR count). The summed E-state index contributed by atoms with van der Waals surface area (Å²) >= 11 is 0. The first-order valence-corrected chi connectivity index (χ1v) is 36.7. The minimum absolute atomic E-state index is 0.274. The summed E-state index contributed by atoms with van der Waals surface area (Å²) in [6, 6.07) is 48.6. The number of aryl methyl sites for hydroxylation is 4. The maximum atomic E-state index is 13.5. The van der Waals surface area contributed by atoms with Crippen LogP contribution in [0.4, 0.5) is 10.2 Å². The van der Waals surface area contributed by atoms with Gasteiger partial charge in [-0.15, -0.1) is 0 Å². The zero-order valence-corrected chi connectivity index (χ0v) is 62.6. The van der Waals surface area contributed by atoms with E-state index in [-0.39, 0.29) is 5.78 Å². The highest BCUT2D eigenvalue weighted by Gasteiger charge is 2.15. The maximum absolute atomic E-state index is 13.5. The molecule has 4 aromatic heterocycles. The summed E-state index contributed by atoms with van der Waals surface area (Å²) in [6.07, 6.45) is 21.3. The molecule has 6 heterocycles. The number of morpholine rings is 1. The summed E-state index contributed by atoms with van der Waals surface area (Å²) < 4.78 is 36.1. The largest absolute Gasteiger partial charge is 0.381 e. The third kappa shape index (κ3) is 38.8. The zero-order valence-electron chi connectivity index (χ0n) is 62.6. The Morgan fingerprint density at radius 3 is 1.16 bits per heavy atom. The Hall–Kier alpha value is -7.61. The molecule has 2 aliphatic heterocycles. The monoisotopic (exact) mass is 1330 g/mol. The number of ketones is 2. The molecular formula is C85H124FN5O6. The van der Waals surface area contributed by atoms with E-state index >= 15 is 0 Å². The van der Waals surface area contributed by atoms with E-state index in [9.17, 15) is 14.0 Å². The third-order valence-corrected chi connectivity index (χ3v) is 14.4. The fraction of sp³-hybridized carbons (Fsp3) is 0.459. The quantitative estimate of drug-likeness (QED) is 0.0401. The SMILES string of the molecule is C1CCOCC1.CC.CC.CC.CC.CC.CC.CC.CC.O=C(CCc1ccc(COCCc2ccccc2-c2ccnc(F)c2)cc1)CCc1cccnc1.O=C(CCc1ccc(COCCc2ccccc2-c2ccnc(N3CCOCC3)c2)cc1)CCc1cccnc1. The Kier molecular flexibility index (Phi) is 57.1. The number of pyridine rings is 4. The Bertz CT molecular complexity index is 3090. The van der Waals surface area contributed by atoms with Crippen LogP contribution < -0.4 is 4.90 Å². The van der Waals surface area contributed by atoms with Gasteiger partial charge < -0.3 is 23.8 Å². The number of carbonyl (C=O) groups is 2. The van der Waals surface area contributed by atoms with Crippen molar-refractivity contribution in [1.29, 1.82) is 0 Å². The van der Waals surface area contributed by atoms with Crippen LogP contribution in [0, 0.1) is 5.95 Å². The van der Waals surface area contributed by atoms with E-state index in [2.05, 4.69) is 110 Å². The summed E-state index contributed by atoms with van der Waals surface area (Å²) in [5.41, 5.74) is 13.4. The van der Waals surface area contributed by atoms with Gasteiger partial charge in [0.15, 0.2) is 0 Å². The average Bonchev–Trinajstić information content (AvgIpc) is 1.43. The predicted octanol–water partition coefficient (Wildman–Crippen LogP) is 21.4. The molecule has 0 saturated carbocycles. The fourth-order valence-corrected chi connectivity index (χ4v) is 9.67. The van der Waals surface area contributed by atoms with Crippen LogP contribution in [0.15, 0.2) is 183 Å². The molecule has 2 saturated heterocycles. The highest BCUT2D eigenvalue weighted by molar-refractivity contribution is 5.79. The van der Waals surface area contributed by atoms with Crippen molar-refractivity contribution < 1.29 is 32.9 Å². The molecular weight excluding hydrogens is 1210 g/mol. The van der Waals surface area contributed by atoms with Gasteiger partial charge in [-0.05, 0) is 155 Å². The summed E-state index contributed by atoms with van der Waals surface area (Å²) in [7, 11) is 0. The molecule has 0 radical (unpaired) electrons. The predicted molar refractivity (Wildman–Crippen MR) is 409 cm³/mol. The van der Waals surface area contributed by atoms with Gasteiger partial charge in [0.25, 0.3) is 0 Å². The lowest BCUT2D eigenvalue weighted by Gasteiger charge is -2.28. The van der Waals surface area contributed by atoms with Crippen molar-refractivity contribution in [2.75, 3.05) is 57.6 Å². The maximum Gasteiger partial charge on any atom is 0.213 e. The number of benzene rings is 4. The van der Waals surface area contributed by atoms with Crippen molar-refractivity contribution in [1.82, 2.24) is 19.9 Å². The van der Waals surface area contributed by atoms with Gasteiger partial charge in [-0.25, -0.2) is 9.97 Å². The standard InChI is InChI=1S/C34H37N3O3.C30H29FN2O2.C5H10O.8C2H6/c38-32(14-12-28-4-3-17-35-25-28)13-11-27-7-9-29(10-8-27)26-40-21-16-30-5-1-2-6-33(30)31-15-18-36-34(24-31)37-19-22-39-23-20-37;31-30-20-27(15-18-33-30)29-6-2-1-5-26(29)16-19-35-22-25-9-7-23(8-10-25)11-13-28(34)14-12-24-4-3-17-32-21-24;1-2-4-6-5-3-1;8*1-2/h1-10,15,17-18,24-25H,11-14,16,19-23,26H2;1-10,15,17-18,20-21H,11-14,16,19,22H2;1-5H2;8*1-2H3. The van der Waals surface area contributed by atoms with Gasteiger partial charge in [0, 0.05) is 95.2 Å². The molecule has 532 valence electrons. The zero-order chi connectivity index (χ0) is 71.9. The summed E-state index contributed by atoms with van der Waals surface area (Å²) in [5, 5.41) is 0. The second kappa shape index (κ2) is 61.9. The van der Waals surface area contributed by atoms with Gasteiger partial charge in [-0.2, -0.15) is 4.39 Å². The van der Waals surface area contributed by atoms with Crippen molar-refractivity contribution in [2.24, 2.45) is 0 Å². The van der Waals surface area contributed by atoms with Crippen LogP contribution in [0.3, 0.4) is 0 Å². The van der Waals surface area contributed by atoms with Crippen LogP contribution in [-0.2, 0) is 80.3 Å². The van der Waals surface area contributed by atoms with Gasteiger partial charge in [0.05, 0.1) is 39.6 Å². The molecule has 11 nitrogen and oxygen atoms in total. The number of hydrogen-bond donors (Lipinski definition) is 0. The molecule has 4 aromatic carbocycles. The van der Waals surface area contributed by atoms with Crippen LogP contribution in [0.25, 0.3) is 22.3 Å². The van der Waals surface area contributed by atoms with Gasteiger partial charge in [-0.1, -0.05) is 220 Å². The van der Waals surface area contributed by atoms with Crippen LogP contribution in [-0.4, -0.2) is 84.2 Å². The van der Waals surface area contributed by atoms with Gasteiger partial charge in [0.2, 0.25) is 5.95 Å². The minimum atomic E-state index is -0.480. The fourth-order valence-electron chi connectivity index (χ4n) is 9.67. The number of halogens is 1. The number of carbonyl (C=O) groups excluding carboxylic acids is 2. The summed E-state index contributed by atoms with van der Waals surface area (Å²) in [6.45, 7) is 39.5. The number of rotatable bonds is 25. The molecule has 0 spiro atoms. The van der Waals surface area contributed by atoms with E-state index in [1.54, 1.807) is 12.4 Å². The van der Waals surface area contributed by atoms with E-state index in [1.165, 1.54) is 53.8 Å². The Morgan fingerprint density at radius 2 is 0.784 bits per heavy atom. The number of nitrogens with zero attached hydrogens (tertiary/aromatic N) is 5. The topological polar surface area (TPSA) is 126 Å². The molecule has 0 amide bonds. The smallest absolute Gasteiger partial charge is 0.213 e. The van der Waals surface area contributed by atoms with E-state index in [0.717, 1.165) is 128 Å². The van der Waals surface area contributed by atoms with E-state index in [1.807, 2.05) is 184 Å². The molecule has 0 unspecified atom stereocenters. The van der Waals surface area contributed by atoms with Gasteiger partial charge in [-0.3, -0.25) is 19.6 Å². The second-order valence-electron chi connectivity index (χ2n) is 20.4. The van der Waals surface area contributed by atoms with Gasteiger partial charge in [0.1, 0.15) is 17.4 Å². The van der Waals surface area contributed by atoms with Crippen LogP contribution in [0.5, 0.6) is 0 Å². The van der Waals surface area contributed by atoms with Crippen LogP contribution in [0.2, 0.25) is 0 Å². The normalized spacial score (nSPS) is 11.4. The van der Waals surface area contributed by atoms with Crippen LogP contribution >= 0.6 is 0 Å². The van der Waals surface area contributed by atoms with Crippen molar-refractivity contribution in [3.05, 3.63) is 233 Å². The number of aromatic nitrogens is 4. The molecule has 8 aromatic rings. The van der Waals surface area contributed by atoms with Crippen molar-refractivity contribution in [3.63, 3.8) is 0 Å². The van der Waals surface area contributed by atoms with Crippen molar-refractivity contribution in [2.45, 2.75) is 207 Å². The first kappa shape index (κ1) is 89.4. The van der Waals surface area contributed by atoms with E-state index in [0.29, 0.717) is 57.9 Å². The van der Waals surface area contributed by atoms with Gasteiger partial charge >= 0.3 is 0 Å². The first-order chi connectivity index (χ1) is 47.9. The summed E-state index contributed by atoms with van der Waals surface area (Å²) in [4.78, 5) is 43.2. The highest BCUT2D eigenvalue weighted by atomic mass is 19.1. The number of ether oxygens (including phenoxy) is 4. The van der Waals surface area contributed by atoms with Crippen molar-refractivity contribution in [3.8, 4) is 22.3 Å². The molecule has 2 aliphatic rings. The molecule has 97 heavy (non-hydrogen) atoms. The van der Waals surface area contributed by atoms with E-state index < -0.39 is 5.95 Å². The molecule has 0 aliphatic carbocycles. The number of hydrogen-bond acceptors (Lipinski definition) is 11. The second-order valence-corrected chi connectivity index (χ2v) is 20.4. The van der Waals surface area contributed by atoms with Crippen molar-refractivity contribution >= 4 is 17.4 Å². The summed E-state index contributed by atoms with van der Waals surface area (Å²) in [5.74, 6) is 1.09. The lowest BCUT2D eigenvalue weighted by Crippen LogP contribution is -2.36. The molecule has 0 bridgehead atoms. The average molecular weight is 1330 g/mol. The lowest BCUT2D eigenvalue weighted by atomic mass is 9.98. The third-order valence-electron chi connectivity index (χ3n) is 14.4. The number of anilines is 1. The highest BCUT2D eigenvalue weighted by Crippen LogP contribution is 2.28. The molecule has 2 fully saturated rings. The Balaban J connectivity index is 0.00000147. The lowest BCUT2D eigenvalue weighted by molar-refractivity contribution is -0.119. The minimum Gasteiger partial charge on any atom is -0.381 e. The van der Waals surface area contributed by atoms with E-state index in [4.69, 9.17) is 18.9 Å². The van der Waals surface area contributed by atoms with Crippen LogP contribution in [0.1, 0.15) is 200 Å². The molecule has 0 atom stereocenters. The Labute approximate surface area is 587 Å². The Morgan fingerprint density at radius 1 is 0.402 bits per heavy atom. The molecule has 0 N–H and O–H groups in total. The first-order valence-electron chi connectivity index (χ1n) is 36.7.